The van der Waals surface area contributed by atoms with Gasteiger partial charge in [-0.3, -0.25) is 9.59 Å². The van der Waals surface area contributed by atoms with Gasteiger partial charge in [0.05, 0.1) is 19.8 Å². The maximum absolute atomic E-state index is 14.5. The summed E-state index contributed by atoms with van der Waals surface area (Å²) in [5.74, 6) is -11.9. The standard InChI is InChI=1S/C18H31F2N3O10/c1-8(15(29)32-2)23-14(28)9(21)5-3-4-6-22-16(30)17(19,20)18(31)13(27)11(26)12(33-18)10(25)7-24/h8-13,24-27,31H,3-7,21H2,1-2H3,(H,22,30)(H,23,28)/t8-,9-,10-,11+,12-,13+,18+/m0/s1. The first-order chi connectivity index (χ1) is 15.2. The van der Waals surface area contributed by atoms with Gasteiger partial charge in [-0.2, -0.15) is 8.78 Å². The molecule has 15 heteroatoms. The molecule has 0 spiro atoms. The number of carbonyl (C=O) groups is 3. The average molecular weight is 487 g/mol. The Labute approximate surface area is 187 Å². The Kier molecular flexibility index (Phi) is 10.5. The van der Waals surface area contributed by atoms with E-state index in [4.69, 9.17) is 10.8 Å². The number of esters is 1. The number of hydrogen-bond donors (Lipinski definition) is 8. The molecule has 1 aliphatic heterocycles. The molecule has 0 bridgehead atoms. The van der Waals surface area contributed by atoms with Crippen molar-refractivity contribution in [3.05, 3.63) is 0 Å². The van der Waals surface area contributed by atoms with Crippen LogP contribution in [0, 0.1) is 0 Å². The molecule has 9 N–H and O–H groups in total. The van der Waals surface area contributed by atoms with Crippen molar-refractivity contribution in [2.45, 2.75) is 74.4 Å². The van der Waals surface area contributed by atoms with Gasteiger partial charge < -0.3 is 51.4 Å². The SMILES string of the molecule is COC(=O)[C@H](C)NC(=O)[C@@H](N)CCCCNC(=O)C(F)(F)[C@]1(O)O[C@@H]([C@@H](O)CO)[C@@H](O)[C@H]1O. The minimum Gasteiger partial charge on any atom is -0.467 e. The lowest BCUT2D eigenvalue weighted by Crippen LogP contribution is -2.63. The first kappa shape index (κ1) is 29.0. The summed E-state index contributed by atoms with van der Waals surface area (Å²) in [5, 5.41) is 52.2. The van der Waals surface area contributed by atoms with Crippen molar-refractivity contribution in [3.8, 4) is 0 Å². The van der Waals surface area contributed by atoms with Gasteiger partial charge in [0.1, 0.15) is 30.5 Å². The van der Waals surface area contributed by atoms with Crippen LogP contribution in [-0.2, 0) is 23.9 Å². The number of nitrogens with two attached hydrogens (primary N) is 1. The van der Waals surface area contributed by atoms with Crippen molar-refractivity contribution < 1.29 is 58.2 Å². The first-order valence-corrected chi connectivity index (χ1v) is 10.1. The number of halogens is 2. The van der Waals surface area contributed by atoms with E-state index in [-0.39, 0.29) is 25.8 Å². The van der Waals surface area contributed by atoms with Gasteiger partial charge in [-0.15, -0.1) is 0 Å². The highest BCUT2D eigenvalue weighted by atomic mass is 19.3. The fourth-order valence-electron chi connectivity index (χ4n) is 3.08. The Bertz CT molecular complexity index is 700. The predicted molar refractivity (Wildman–Crippen MR) is 104 cm³/mol. The molecular formula is C18H31F2N3O10. The molecule has 13 nitrogen and oxygen atoms in total. The van der Waals surface area contributed by atoms with E-state index in [1.54, 1.807) is 0 Å². The maximum atomic E-state index is 14.5. The van der Waals surface area contributed by atoms with Crippen LogP contribution in [0.15, 0.2) is 0 Å². The van der Waals surface area contributed by atoms with E-state index in [0.29, 0.717) is 0 Å². The van der Waals surface area contributed by atoms with Crippen LogP contribution < -0.4 is 16.4 Å². The molecule has 1 heterocycles. The van der Waals surface area contributed by atoms with E-state index in [1.165, 1.54) is 6.92 Å². The molecule has 1 fully saturated rings. The van der Waals surface area contributed by atoms with Gasteiger partial charge in [0.25, 0.3) is 11.7 Å². The Hall–Kier alpha value is -2.01. The molecule has 192 valence electrons. The van der Waals surface area contributed by atoms with E-state index < -0.39 is 72.6 Å². The van der Waals surface area contributed by atoms with Gasteiger partial charge in [0.15, 0.2) is 0 Å². The number of unbranched alkanes of at least 4 members (excludes halogenated alkanes) is 1. The number of aliphatic hydroxyl groups excluding tert-OH is 4. The van der Waals surface area contributed by atoms with Crippen molar-refractivity contribution >= 4 is 17.8 Å². The highest BCUT2D eigenvalue weighted by Gasteiger charge is 2.71. The molecule has 1 saturated heterocycles. The molecule has 0 aromatic rings. The summed E-state index contributed by atoms with van der Waals surface area (Å²) in [4.78, 5) is 35.1. The summed E-state index contributed by atoms with van der Waals surface area (Å²) < 4.78 is 38.0. The molecule has 1 aliphatic rings. The molecule has 1 rings (SSSR count). The molecular weight excluding hydrogens is 456 g/mol. The molecule has 33 heavy (non-hydrogen) atoms. The van der Waals surface area contributed by atoms with E-state index >= 15 is 0 Å². The fourth-order valence-corrected chi connectivity index (χ4v) is 3.08. The van der Waals surface area contributed by atoms with Crippen molar-refractivity contribution in [2.24, 2.45) is 5.73 Å². The van der Waals surface area contributed by atoms with Crippen molar-refractivity contribution in [1.29, 1.82) is 0 Å². The Balaban J connectivity index is 2.53. The third kappa shape index (κ3) is 6.53. The lowest BCUT2D eigenvalue weighted by molar-refractivity contribution is -0.325. The molecule has 7 atom stereocenters. The zero-order valence-corrected chi connectivity index (χ0v) is 18.1. The second kappa shape index (κ2) is 11.9. The number of nitrogens with one attached hydrogen (secondary N) is 2. The number of methoxy groups -OCH3 is 1. The van der Waals surface area contributed by atoms with Crippen molar-refractivity contribution in [1.82, 2.24) is 10.6 Å². The maximum Gasteiger partial charge on any atom is 0.379 e. The zero-order chi connectivity index (χ0) is 25.6. The summed E-state index contributed by atoms with van der Waals surface area (Å²) in [6.07, 6.45) is -8.31. The van der Waals surface area contributed by atoms with Crippen LogP contribution in [0.2, 0.25) is 0 Å². The second-order valence-corrected chi connectivity index (χ2v) is 7.65. The van der Waals surface area contributed by atoms with Crippen LogP contribution in [0.25, 0.3) is 0 Å². The van der Waals surface area contributed by atoms with Gasteiger partial charge in [-0.1, -0.05) is 0 Å². The largest absolute Gasteiger partial charge is 0.467 e. The van der Waals surface area contributed by atoms with Gasteiger partial charge in [0, 0.05) is 6.54 Å². The minimum atomic E-state index is -4.74. The number of rotatable bonds is 12. The highest BCUT2D eigenvalue weighted by molar-refractivity contribution is 5.87. The van der Waals surface area contributed by atoms with E-state index in [1.807, 2.05) is 5.32 Å². The third-order valence-corrected chi connectivity index (χ3v) is 5.16. The van der Waals surface area contributed by atoms with Crippen LogP contribution in [0.4, 0.5) is 8.78 Å². The summed E-state index contributed by atoms with van der Waals surface area (Å²) in [6, 6.07) is -1.92. The number of hydrogen-bond acceptors (Lipinski definition) is 11. The number of ether oxygens (including phenoxy) is 2. The monoisotopic (exact) mass is 487 g/mol. The highest BCUT2D eigenvalue weighted by Crippen LogP contribution is 2.42. The van der Waals surface area contributed by atoms with Crippen LogP contribution in [0.3, 0.4) is 0 Å². The number of carbonyl (C=O) groups excluding carboxylic acids is 3. The summed E-state index contributed by atoms with van der Waals surface area (Å²) in [5.41, 5.74) is 5.68. The van der Waals surface area contributed by atoms with Gasteiger partial charge in [-0.05, 0) is 26.2 Å². The van der Waals surface area contributed by atoms with E-state index in [9.17, 15) is 43.6 Å². The molecule has 0 saturated carbocycles. The molecule has 0 aliphatic carbocycles. The molecule has 0 unspecified atom stereocenters. The normalized spacial score (nSPS) is 28.0. The third-order valence-electron chi connectivity index (χ3n) is 5.16. The lowest BCUT2D eigenvalue weighted by Gasteiger charge is -2.33. The molecule has 0 radical (unpaired) electrons. The van der Waals surface area contributed by atoms with Crippen LogP contribution in [0.5, 0.6) is 0 Å². The summed E-state index contributed by atoms with van der Waals surface area (Å²) in [6.45, 7) is 0.0552. The first-order valence-electron chi connectivity index (χ1n) is 10.1. The van der Waals surface area contributed by atoms with Crippen molar-refractivity contribution in [3.63, 3.8) is 0 Å². The predicted octanol–water partition coefficient (Wildman–Crippen LogP) is -3.92. The Morgan fingerprint density at radius 3 is 2.42 bits per heavy atom. The van der Waals surface area contributed by atoms with Crippen molar-refractivity contribution in [2.75, 3.05) is 20.3 Å². The second-order valence-electron chi connectivity index (χ2n) is 7.65. The smallest absolute Gasteiger partial charge is 0.379 e. The molecule has 0 aromatic carbocycles. The summed E-state index contributed by atoms with van der Waals surface area (Å²) in [7, 11) is 1.15. The molecule has 0 aromatic heterocycles. The van der Waals surface area contributed by atoms with E-state index in [0.717, 1.165) is 7.11 Å². The van der Waals surface area contributed by atoms with E-state index in [2.05, 4.69) is 14.8 Å². The van der Waals surface area contributed by atoms with Gasteiger partial charge >= 0.3 is 11.9 Å². The lowest BCUT2D eigenvalue weighted by atomic mass is 9.97. The topological polar surface area (TPSA) is 221 Å². The quantitative estimate of drug-likeness (QED) is 0.0981. The minimum absolute atomic E-state index is 0.102. The average Bonchev–Trinajstić information content (AvgIpc) is 3.02. The zero-order valence-electron chi connectivity index (χ0n) is 18.1. The Morgan fingerprint density at radius 1 is 1.27 bits per heavy atom. The Morgan fingerprint density at radius 2 is 1.88 bits per heavy atom. The number of alkyl halides is 2. The number of amides is 2. The van der Waals surface area contributed by atoms with Crippen LogP contribution >= 0.6 is 0 Å². The van der Waals surface area contributed by atoms with Gasteiger partial charge in [-0.25, -0.2) is 4.79 Å². The van der Waals surface area contributed by atoms with Gasteiger partial charge in [0.2, 0.25) is 5.91 Å². The van der Waals surface area contributed by atoms with Crippen LogP contribution in [0.1, 0.15) is 26.2 Å². The fraction of sp³-hybridized carbons (Fsp3) is 0.833. The molecule has 2 amide bonds. The van der Waals surface area contributed by atoms with Crippen LogP contribution in [-0.4, -0.2) is 112 Å². The number of aliphatic hydroxyl groups is 5. The summed E-state index contributed by atoms with van der Waals surface area (Å²) >= 11 is 0.